The minimum absolute atomic E-state index is 0.138. The summed E-state index contributed by atoms with van der Waals surface area (Å²) in [6, 6.07) is 4.49. The van der Waals surface area contributed by atoms with Crippen molar-refractivity contribution in [3.05, 3.63) is 35.1 Å². The molecule has 2 amide bonds. The zero-order valence-corrected chi connectivity index (χ0v) is 20.2. The summed E-state index contributed by atoms with van der Waals surface area (Å²) in [6.45, 7) is 8.05. The quantitative estimate of drug-likeness (QED) is 0.636. The number of rotatable bonds is 7. The topological polar surface area (TPSA) is 113 Å². The number of halogens is 1. The van der Waals surface area contributed by atoms with Crippen LogP contribution in [0, 0.1) is 17.3 Å². The molecule has 1 aromatic heterocycles. The van der Waals surface area contributed by atoms with Crippen molar-refractivity contribution in [2.45, 2.75) is 71.7 Å². The van der Waals surface area contributed by atoms with Gasteiger partial charge in [0.25, 0.3) is 5.91 Å². The molecule has 9 nitrogen and oxygen atoms in total. The van der Waals surface area contributed by atoms with Gasteiger partial charge in [-0.25, -0.2) is 4.68 Å². The number of amides is 2. The lowest BCUT2D eigenvalue weighted by Gasteiger charge is -2.36. The molecule has 2 fully saturated rings. The van der Waals surface area contributed by atoms with Crippen LogP contribution in [0.4, 0.5) is 0 Å². The Morgan fingerprint density at radius 1 is 1.30 bits per heavy atom. The third-order valence-electron chi connectivity index (χ3n) is 7.41. The van der Waals surface area contributed by atoms with Crippen LogP contribution in [0.25, 0.3) is 5.69 Å². The number of likely N-dealkylation sites (tertiary alicyclic amines) is 1. The van der Waals surface area contributed by atoms with E-state index in [9.17, 15) is 14.7 Å². The fraction of sp³-hybridized carbons (Fsp3) is 0.609. The van der Waals surface area contributed by atoms with Crippen LogP contribution in [0.1, 0.15) is 52.5 Å². The Morgan fingerprint density at radius 3 is 2.67 bits per heavy atom. The number of hydrogen-bond donors (Lipinski definition) is 2. The van der Waals surface area contributed by atoms with Crippen molar-refractivity contribution < 1.29 is 14.7 Å². The number of aromatic nitrogens is 4. The normalized spacial score (nSPS) is 24.1. The molecular formula is C23H31ClN6O3. The molecule has 4 atom stereocenters. The van der Waals surface area contributed by atoms with Gasteiger partial charge in [0.1, 0.15) is 18.5 Å². The highest BCUT2D eigenvalue weighted by Crippen LogP contribution is 2.48. The maximum atomic E-state index is 13.4. The molecule has 1 aliphatic carbocycles. The van der Waals surface area contributed by atoms with Crippen LogP contribution in [0.3, 0.4) is 0 Å². The molecule has 0 spiro atoms. The number of hydrogen-bond acceptors (Lipinski definition) is 6. The van der Waals surface area contributed by atoms with Gasteiger partial charge < -0.3 is 15.3 Å². The molecule has 0 radical (unpaired) electrons. The molecule has 1 aromatic carbocycles. The lowest BCUT2D eigenvalue weighted by molar-refractivity contribution is -0.153. The van der Waals surface area contributed by atoms with Gasteiger partial charge in [-0.2, -0.15) is 0 Å². The van der Waals surface area contributed by atoms with E-state index in [1.54, 1.807) is 23.1 Å². The van der Waals surface area contributed by atoms with Crippen molar-refractivity contribution in [2.24, 2.45) is 17.3 Å². The van der Waals surface area contributed by atoms with Gasteiger partial charge in [-0.05, 0) is 72.2 Å². The number of tetrazole rings is 1. The summed E-state index contributed by atoms with van der Waals surface area (Å²) in [5, 5.41) is 25.7. The number of benzene rings is 1. The summed E-state index contributed by atoms with van der Waals surface area (Å²) in [6.07, 6.45) is 2.93. The molecule has 1 saturated carbocycles. The molecule has 0 bridgehead atoms. The second-order valence-corrected chi connectivity index (χ2v) is 10.4. The number of carbonyl (C=O) groups excluding carboxylic acids is 2. The van der Waals surface area contributed by atoms with Crippen LogP contribution in [0.5, 0.6) is 0 Å². The van der Waals surface area contributed by atoms with Crippen LogP contribution < -0.4 is 5.32 Å². The summed E-state index contributed by atoms with van der Waals surface area (Å²) >= 11 is 6.18. The van der Waals surface area contributed by atoms with E-state index >= 15 is 0 Å². The Balaban J connectivity index is 1.50. The molecule has 10 heteroatoms. The van der Waals surface area contributed by atoms with Gasteiger partial charge in [-0.3, -0.25) is 9.59 Å². The molecule has 1 aliphatic heterocycles. The smallest absolute Gasteiger partial charge is 0.252 e. The zero-order chi connectivity index (χ0) is 23.9. The van der Waals surface area contributed by atoms with Crippen LogP contribution in [-0.4, -0.2) is 60.2 Å². The fourth-order valence-electron chi connectivity index (χ4n) is 4.81. The highest BCUT2D eigenvalue weighted by Gasteiger charge is 2.51. The van der Waals surface area contributed by atoms with Crippen molar-refractivity contribution >= 4 is 23.4 Å². The maximum Gasteiger partial charge on any atom is 0.252 e. The lowest BCUT2D eigenvalue weighted by Crippen LogP contribution is -2.54. The van der Waals surface area contributed by atoms with Crippen LogP contribution in [0.2, 0.25) is 5.02 Å². The van der Waals surface area contributed by atoms with E-state index in [0.29, 0.717) is 23.0 Å². The summed E-state index contributed by atoms with van der Waals surface area (Å²) in [5.41, 5.74) is 0.938. The van der Waals surface area contributed by atoms with Crippen LogP contribution in [0.15, 0.2) is 24.5 Å². The maximum absolute atomic E-state index is 13.4. The number of aliphatic hydroxyl groups excluding tert-OH is 1. The van der Waals surface area contributed by atoms with Gasteiger partial charge in [0.05, 0.1) is 5.69 Å². The van der Waals surface area contributed by atoms with Crippen molar-refractivity contribution in [2.75, 3.05) is 0 Å². The van der Waals surface area contributed by atoms with Crippen LogP contribution in [-0.2, 0) is 16.1 Å². The minimum Gasteiger partial charge on any atom is -0.383 e. The predicted octanol–water partition coefficient (Wildman–Crippen LogP) is 2.35. The highest BCUT2D eigenvalue weighted by atomic mass is 35.5. The number of aliphatic hydroxyl groups is 1. The second kappa shape index (κ2) is 9.02. The van der Waals surface area contributed by atoms with Gasteiger partial charge >= 0.3 is 0 Å². The Morgan fingerprint density at radius 2 is 2.03 bits per heavy atom. The number of nitrogens with one attached hydrogen (secondary N) is 1. The van der Waals surface area contributed by atoms with Crippen molar-refractivity contribution in [1.82, 2.24) is 30.4 Å². The zero-order valence-electron chi connectivity index (χ0n) is 19.4. The Kier molecular flexibility index (Phi) is 6.46. The Bertz CT molecular complexity index is 1020. The summed E-state index contributed by atoms with van der Waals surface area (Å²) < 4.78 is 1.50. The number of nitrogens with zero attached hydrogens (tertiary/aromatic N) is 5. The standard InChI is InChI=1S/C23H31ClN6O3/c1-13-9-19(30(14(13)2)22(33)20(31)23(3,4)16-5-6-16)21(32)25-11-15-10-17(24)7-8-18(15)29-12-26-27-28-29/h7-8,10,12-14,16,19-20,31H,5-6,9,11H2,1-4H3,(H,25,32)/t13-,14?,19-,20?/m0/s1. The van der Waals surface area contributed by atoms with Gasteiger partial charge in [0.2, 0.25) is 5.91 Å². The molecule has 1 saturated heterocycles. The monoisotopic (exact) mass is 474 g/mol. The van der Waals surface area contributed by atoms with Crippen LogP contribution >= 0.6 is 11.6 Å². The first kappa shape index (κ1) is 23.6. The molecule has 33 heavy (non-hydrogen) atoms. The summed E-state index contributed by atoms with van der Waals surface area (Å²) in [4.78, 5) is 28.2. The molecule has 2 aromatic rings. The first-order valence-electron chi connectivity index (χ1n) is 11.4. The van der Waals surface area contributed by atoms with E-state index < -0.39 is 17.6 Å². The second-order valence-electron chi connectivity index (χ2n) is 9.96. The first-order chi connectivity index (χ1) is 15.6. The molecule has 2 aliphatic rings. The molecule has 2 heterocycles. The van der Waals surface area contributed by atoms with Crippen molar-refractivity contribution in [3.63, 3.8) is 0 Å². The molecule has 4 rings (SSSR count). The summed E-state index contributed by atoms with van der Waals surface area (Å²) in [7, 11) is 0. The SMILES string of the molecule is CC1[C@@H](C)C[C@@H](C(=O)NCc2cc(Cl)ccc2-n2cnnn2)N1C(=O)C(O)C(C)(C)C1CC1. The predicted molar refractivity (Wildman–Crippen MR) is 122 cm³/mol. The Hall–Kier alpha value is -2.52. The number of carbonyl (C=O) groups is 2. The lowest BCUT2D eigenvalue weighted by atomic mass is 9.80. The highest BCUT2D eigenvalue weighted by molar-refractivity contribution is 6.30. The van der Waals surface area contributed by atoms with Crippen molar-refractivity contribution in [1.29, 1.82) is 0 Å². The van der Waals surface area contributed by atoms with Gasteiger partial charge in [-0.1, -0.05) is 32.4 Å². The average molecular weight is 475 g/mol. The van der Waals surface area contributed by atoms with E-state index in [-0.39, 0.29) is 30.3 Å². The molecule has 2 unspecified atom stereocenters. The van der Waals surface area contributed by atoms with Gasteiger partial charge in [0, 0.05) is 23.0 Å². The van der Waals surface area contributed by atoms with Gasteiger partial charge in [-0.15, -0.1) is 5.10 Å². The Labute approximate surface area is 198 Å². The average Bonchev–Trinajstić information content (AvgIpc) is 3.44. The van der Waals surface area contributed by atoms with E-state index in [1.807, 2.05) is 27.7 Å². The minimum atomic E-state index is -1.13. The molecular weight excluding hydrogens is 444 g/mol. The van der Waals surface area contributed by atoms with E-state index in [2.05, 4.69) is 20.8 Å². The van der Waals surface area contributed by atoms with Crippen molar-refractivity contribution in [3.8, 4) is 5.69 Å². The summed E-state index contributed by atoms with van der Waals surface area (Å²) in [5.74, 6) is -0.130. The molecule has 2 N–H and O–H groups in total. The van der Waals surface area contributed by atoms with E-state index in [1.165, 1.54) is 11.0 Å². The largest absolute Gasteiger partial charge is 0.383 e. The van der Waals surface area contributed by atoms with E-state index in [0.717, 1.165) is 18.4 Å². The van der Waals surface area contributed by atoms with E-state index in [4.69, 9.17) is 11.6 Å². The first-order valence-corrected chi connectivity index (χ1v) is 11.8. The molecule has 178 valence electrons. The third-order valence-corrected chi connectivity index (χ3v) is 7.64. The van der Waals surface area contributed by atoms with Gasteiger partial charge in [0.15, 0.2) is 0 Å². The third kappa shape index (κ3) is 4.61. The fourth-order valence-corrected chi connectivity index (χ4v) is 5.00.